The number of Topliss-reactive ketones (excluding diaryl/α,β-unsaturated/α-hetero) is 1. The van der Waals surface area contributed by atoms with Gasteiger partial charge in [0.05, 0.1) is 45.3 Å². The monoisotopic (exact) mass is 641 g/mol. The first-order chi connectivity index (χ1) is 20.0. The molecule has 0 radical (unpaired) electrons. The summed E-state index contributed by atoms with van der Waals surface area (Å²) in [6.07, 6.45) is 4.09. The van der Waals surface area contributed by atoms with E-state index in [0.29, 0.717) is 25.1 Å². The van der Waals surface area contributed by atoms with E-state index in [0.717, 1.165) is 11.0 Å². The fourth-order valence-corrected chi connectivity index (χ4v) is 6.22. The number of alkyl halides is 2. The number of aliphatic carboxylic acids is 1. The summed E-state index contributed by atoms with van der Waals surface area (Å²) in [5.41, 5.74) is -2.27. The van der Waals surface area contributed by atoms with E-state index in [2.05, 4.69) is 4.99 Å². The largest absolute Gasteiger partial charge is 0.481 e. The Morgan fingerprint density at radius 1 is 1.16 bits per heavy atom. The molecule has 1 saturated carbocycles. The fourth-order valence-electron chi connectivity index (χ4n) is 5.61. The normalized spacial score (nSPS) is 25.0. The third kappa shape index (κ3) is 8.48. The van der Waals surface area contributed by atoms with Crippen molar-refractivity contribution in [3.05, 3.63) is 46.0 Å². The number of carboxylic acids is 1. The fraction of sp³-hybridized carbons (Fsp3) is 0.581. The Bertz CT molecular complexity index is 1270. The molecule has 2 aliphatic rings. The summed E-state index contributed by atoms with van der Waals surface area (Å²) in [5, 5.41) is 17.8. The first kappa shape index (κ1) is 34.8. The molecule has 1 aromatic rings. The zero-order valence-corrected chi connectivity index (χ0v) is 26.4. The summed E-state index contributed by atoms with van der Waals surface area (Å²) in [7, 11) is 0. The van der Waals surface area contributed by atoms with Crippen LogP contribution in [-0.2, 0) is 14.3 Å². The van der Waals surface area contributed by atoms with E-state index in [1.54, 1.807) is 13.0 Å². The molecule has 1 aliphatic carbocycles. The lowest BCUT2D eigenvalue weighted by Crippen LogP contribution is -2.49. The van der Waals surface area contributed by atoms with Crippen LogP contribution in [0.5, 0.6) is 0 Å². The number of benzene rings is 1. The summed E-state index contributed by atoms with van der Waals surface area (Å²) in [6.45, 7) is 6.20. The lowest BCUT2D eigenvalue weighted by atomic mass is 9.74. The molecule has 1 aliphatic heterocycles. The second-order valence-electron chi connectivity index (χ2n) is 12.2. The lowest BCUT2D eigenvalue weighted by molar-refractivity contribution is -0.149. The van der Waals surface area contributed by atoms with Crippen LogP contribution < -0.4 is 0 Å². The minimum Gasteiger partial charge on any atom is -0.481 e. The summed E-state index contributed by atoms with van der Waals surface area (Å²) >= 11 is 12.5. The molecule has 8 nitrogen and oxygen atoms in total. The van der Waals surface area contributed by atoms with Crippen LogP contribution in [0.4, 0.5) is 8.78 Å². The molecule has 43 heavy (non-hydrogen) atoms. The van der Waals surface area contributed by atoms with Gasteiger partial charge in [0.15, 0.2) is 5.78 Å². The summed E-state index contributed by atoms with van der Waals surface area (Å²) < 4.78 is 37.3. The molecule has 0 spiro atoms. The van der Waals surface area contributed by atoms with Crippen LogP contribution in [0.15, 0.2) is 35.3 Å². The van der Waals surface area contributed by atoms with E-state index < -0.39 is 64.9 Å². The van der Waals surface area contributed by atoms with Gasteiger partial charge in [-0.2, -0.15) is 8.78 Å². The Balaban J connectivity index is 2.00. The summed E-state index contributed by atoms with van der Waals surface area (Å²) in [4.78, 5) is 44.6. The predicted molar refractivity (Wildman–Crippen MR) is 163 cm³/mol. The lowest BCUT2D eigenvalue weighted by Gasteiger charge is -2.34. The highest BCUT2D eigenvalue weighted by Gasteiger charge is 2.45. The molecule has 1 heterocycles. The van der Waals surface area contributed by atoms with Crippen molar-refractivity contribution in [1.82, 2.24) is 4.90 Å². The third-order valence-corrected chi connectivity index (χ3v) is 8.84. The maximum absolute atomic E-state index is 15.6. The molecule has 2 N–H and O–H groups in total. The van der Waals surface area contributed by atoms with E-state index in [1.165, 1.54) is 19.1 Å². The minimum atomic E-state index is -3.69. The van der Waals surface area contributed by atoms with Crippen LogP contribution in [0.2, 0.25) is 10.0 Å². The molecule has 12 heteroatoms. The number of hydrogen-bond donors (Lipinski definition) is 2. The van der Waals surface area contributed by atoms with Crippen LogP contribution in [-0.4, -0.2) is 76.4 Å². The number of nitrogens with one attached hydrogen (secondary N) is 1. The molecular formula is C31H39Cl2F2N3O5. The number of ether oxygens (including phenoxy) is 1. The number of halogens is 4. The van der Waals surface area contributed by atoms with Gasteiger partial charge < -0.3 is 20.2 Å². The van der Waals surface area contributed by atoms with Gasteiger partial charge in [-0.3, -0.25) is 19.4 Å². The quantitative estimate of drug-likeness (QED) is 0.146. The van der Waals surface area contributed by atoms with Crippen molar-refractivity contribution in [2.45, 2.75) is 89.9 Å². The smallest absolute Gasteiger partial charge is 0.309 e. The van der Waals surface area contributed by atoms with Crippen LogP contribution >= 0.6 is 23.2 Å². The topological polar surface area (TPSA) is 120 Å². The van der Waals surface area contributed by atoms with Gasteiger partial charge in [0.25, 0.3) is 0 Å². The second-order valence-corrected chi connectivity index (χ2v) is 13.0. The van der Waals surface area contributed by atoms with E-state index in [9.17, 15) is 19.5 Å². The van der Waals surface area contributed by atoms with Crippen molar-refractivity contribution in [3.8, 4) is 0 Å². The highest BCUT2D eigenvalue weighted by Crippen LogP contribution is 2.38. The van der Waals surface area contributed by atoms with Crippen LogP contribution in [0.25, 0.3) is 0 Å². The van der Waals surface area contributed by atoms with Crippen LogP contribution in [0.1, 0.15) is 76.6 Å². The average Bonchev–Trinajstić information content (AvgIpc) is 3.26. The van der Waals surface area contributed by atoms with Gasteiger partial charge in [-0.25, -0.2) is 0 Å². The summed E-state index contributed by atoms with van der Waals surface area (Å²) in [5.74, 6) is -7.94. The molecule has 0 aromatic heterocycles. The molecule has 3 rings (SSSR count). The van der Waals surface area contributed by atoms with E-state index >= 15 is 8.78 Å². The first-order valence-corrected chi connectivity index (χ1v) is 15.1. The summed E-state index contributed by atoms with van der Waals surface area (Å²) in [6, 6.07) is 3.88. The number of ketones is 1. The van der Waals surface area contributed by atoms with Gasteiger partial charge in [0.2, 0.25) is 5.91 Å². The van der Waals surface area contributed by atoms with Crippen molar-refractivity contribution in [1.29, 1.82) is 5.41 Å². The number of aliphatic imine (C=N–C) groups is 1. The molecule has 1 aromatic carbocycles. The second kappa shape index (κ2) is 13.9. The van der Waals surface area contributed by atoms with Gasteiger partial charge in [-0.1, -0.05) is 35.3 Å². The Morgan fingerprint density at radius 3 is 2.26 bits per heavy atom. The van der Waals surface area contributed by atoms with Gasteiger partial charge in [-0.05, 0) is 84.4 Å². The number of carbonyl (C=O) groups is 3. The number of rotatable bonds is 12. The average molecular weight is 643 g/mol. The van der Waals surface area contributed by atoms with Crippen molar-refractivity contribution in [2.24, 2.45) is 16.3 Å². The highest BCUT2D eigenvalue weighted by molar-refractivity contribution is 6.40. The van der Waals surface area contributed by atoms with Crippen molar-refractivity contribution >= 4 is 52.8 Å². The molecule has 2 atom stereocenters. The number of carbonyl (C=O) groups excluding carboxylic acids is 2. The minimum absolute atomic E-state index is 0.000437. The van der Waals surface area contributed by atoms with Crippen LogP contribution in [0, 0.1) is 16.7 Å². The Morgan fingerprint density at radius 2 is 1.77 bits per heavy atom. The maximum Gasteiger partial charge on any atom is 0.309 e. The number of carboxylic acid groups (broad SMARTS) is 1. The predicted octanol–water partition coefficient (Wildman–Crippen LogP) is 6.91. The number of nitrogens with zero attached hydrogens (tertiary/aromatic N) is 2. The molecule has 236 valence electrons. The van der Waals surface area contributed by atoms with E-state index in [-0.39, 0.29) is 47.8 Å². The zero-order valence-electron chi connectivity index (χ0n) is 24.8. The molecule has 2 unspecified atom stereocenters. The Hall–Kier alpha value is -2.69. The third-order valence-electron chi connectivity index (χ3n) is 8.21. The maximum atomic E-state index is 15.6. The van der Waals surface area contributed by atoms with Crippen molar-refractivity contribution < 1.29 is 33.0 Å². The SMILES string of the molecule is CC=CC(F)(F)C(=NC1CCC(C)(C(=O)O)CC1)C(C=N)C(=O)N(CC(=O)c1c(Cl)cccc1Cl)CC1CCC(C)(C)O1. The molecular weight excluding hydrogens is 603 g/mol. The van der Waals surface area contributed by atoms with E-state index in [1.807, 2.05) is 13.8 Å². The molecule has 1 amide bonds. The first-order valence-electron chi connectivity index (χ1n) is 14.3. The van der Waals surface area contributed by atoms with Crippen molar-refractivity contribution in [2.75, 3.05) is 13.1 Å². The zero-order chi connectivity index (χ0) is 32.2. The van der Waals surface area contributed by atoms with Gasteiger partial charge in [0, 0.05) is 12.8 Å². The Labute approximate surface area is 261 Å². The van der Waals surface area contributed by atoms with Gasteiger partial charge >= 0.3 is 11.9 Å². The van der Waals surface area contributed by atoms with Crippen molar-refractivity contribution in [3.63, 3.8) is 0 Å². The standard InChI is InChI=1S/C31H39Cl2F2N3O5/c1-5-12-31(34,35)26(37-19-9-14-30(4,15-10-19)28(41)42)21(16-36)27(40)38(17-20-11-13-29(2,3)43-20)18-24(39)25-22(32)7-6-8-23(25)33/h5-8,12,16,19-21,36H,9-11,13-15,17-18H2,1-4H3,(H,41,42). The molecule has 2 fully saturated rings. The Kier molecular flexibility index (Phi) is 11.3. The van der Waals surface area contributed by atoms with Crippen LogP contribution in [0.3, 0.4) is 0 Å². The number of amides is 1. The van der Waals surface area contributed by atoms with Gasteiger partial charge in [0.1, 0.15) is 11.6 Å². The van der Waals surface area contributed by atoms with E-state index in [4.69, 9.17) is 33.3 Å². The number of hydrogen-bond acceptors (Lipinski definition) is 6. The molecule has 1 saturated heterocycles. The van der Waals surface area contributed by atoms with Gasteiger partial charge in [-0.15, -0.1) is 0 Å². The highest BCUT2D eigenvalue weighted by atomic mass is 35.5. The number of allylic oxidation sites excluding steroid dienone is 2. The molecule has 0 bridgehead atoms.